The van der Waals surface area contributed by atoms with Crippen molar-refractivity contribution in [3.8, 4) is 11.5 Å². The van der Waals surface area contributed by atoms with Crippen LogP contribution >= 0.6 is 31.9 Å². The highest BCUT2D eigenvalue weighted by Gasteiger charge is 2.10. The van der Waals surface area contributed by atoms with Crippen LogP contribution in [0.5, 0.6) is 11.5 Å². The molecular formula is C16H17Br2NO. The lowest BCUT2D eigenvalue weighted by Gasteiger charge is -2.15. The Bertz CT molecular complexity index is 586. The molecule has 2 aromatic carbocycles. The Balaban J connectivity index is 2.27. The van der Waals surface area contributed by atoms with Crippen LogP contribution in [-0.4, -0.2) is 6.04 Å². The van der Waals surface area contributed by atoms with Gasteiger partial charge in [-0.1, -0.05) is 50.9 Å². The number of ether oxygens (including phenoxy) is 1. The average Bonchev–Trinajstić information content (AvgIpc) is 2.41. The van der Waals surface area contributed by atoms with Crippen molar-refractivity contribution >= 4 is 31.9 Å². The van der Waals surface area contributed by atoms with Crippen LogP contribution < -0.4 is 10.5 Å². The van der Waals surface area contributed by atoms with Crippen molar-refractivity contribution in [3.05, 3.63) is 57.0 Å². The highest BCUT2D eigenvalue weighted by molar-refractivity contribution is 9.10. The van der Waals surface area contributed by atoms with E-state index < -0.39 is 0 Å². The van der Waals surface area contributed by atoms with Gasteiger partial charge in [-0.05, 0) is 48.7 Å². The molecule has 0 aliphatic carbocycles. The van der Waals surface area contributed by atoms with Crippen molar-refractivity contribution in [1.29, 1.82) is 0 Å². The Morgan fingerprint density at radius 3 is 2.55 bits per heavy atom. The van der Waals surface area contributed by atoms with Crippen molar-refractivity contribution in [3.63, 3.8) is 0 Å². The lowest BCUT2D eigenvalue weighted by Crippen LogP contribution is -2.21. The van der Waals surface area contributed by atoms with E-state index in [1.807, 2.05) is 36.4 Å². The van der Waals surface area contributed by atoms with Crippen LogP contribution in [0.3, 0.4) is 0 Å². The summed E-state index contributed by atoms with van der Waals surface area (Å²) in [6.07, 6.45) is 1.76. The van der Waals surface area contributed by atoms with Crippen molar-refractivity contribution in [2.24, 2.45) is 5.73 Å². The molecular weight excluding hydrogens is 382 g/mol. The molecule has 0 amide bonds. The summed E-state index contributed by atoms with van der Waals surface area (Å²) in [5.74, 6) is 1.66. The summed E-state index contributed by atoms with van der Waals surface area (Å²) in [7, 11) is 0. The van der Waals surface area contributed by atoms with Crippen LogP contribution in [0.25, 0.3) is 0 Å². The van der Waals surface area contributed by atoms with Crippen LogP contribution in [-0.2, 0) is 6.42 Å². The van der Waals surface area contributed by atoms with E-state index in [1.165, 1.54) is 0 Å². The molecule has 0 fully saturated rings. The van der Waals surface area contributed by atoms with Crippen LogP contribution in [0.1, 0.15) is 18.9 Å². The third-order valence-corrected chi connectivity index (χ3v) is 4.05. The fourth-order valence-corrected chi connectivity index (χ4v) is 2.59. The topological polar surface area (TPSA) is 35.2 Å². The van der Waals surface area contributed by atoms with Crippen molar-refractivity contribution < 1.29 is 4.74 Å². The molecule has 20 heavy (non-hydrogen) atoms. The molecule has 2 nitrogen and oxygen atoms in total. The van der Waals surface area contributed by atoms with Gasteiger partial charge in [0.2, 0.25) is 0 Å². The molecule has 2 N–H and O–H groups in total. The maximum absolute atomic E-state index is 6.05. The highest BCUT2D eigenvalue weighted by Crippen LogP contribution is 2.30. The first kappa shape index (κ1) is 15.5. The average molecular weight is 399 g/mol. The summed E-state index contributed by atoms with van der Waals surface area (Å²) in [6.45, 7) is 2.10. The number of halogens is 2. The highest BCUT2D eigenvalue weighted by atomic mass is 79.9. The fourth-order valence-electron chi connectivity index (χ4n) is 1.88. The second kappa shape index (κ2) is 7.25. The van der Waals surface area contributed by atoms with Crippen LogP contribution in [0.4, 0.5) is 0 Å². The first-order valence-electron chi connectivity index (χ1n) is 6.56. The predicted octanol–water partition coefficient (Wildman–Crippen LogP) is 5.28. The zero-order chi connectivity index (χ0) is 14.5. The van der Waals surface area contributed by atoms with E-state index in [1.54, 1.807) is 0 Å². The minimum atomic E-state index is 0.154. The minimum absolute atomic E-state index is 0.154. The predicted molar refractivity (Wildman–Crippen MR) is 90.3 cm³/mol. The molecule has 0 saturated heterocycles. The number of nitrogens with two attached hydrogens (primary N) is 1. The molecule has 4 heteroatoms. The van der Waals surface area contributed by atoms with E-state index in [0.717, 1.165) is 38.8 Å². The maximum Gasteiger partial charge on any atom is 0.131 e. The molecule has 0 radical (unpaired) electrons. The molecule has 0 bridgehead atoms. The van der Waals surface area contributed by atoms with E-state index in [2.05, 4.69) is 44.8 Å². The Morgan fingerprint density at radius 2 is 1.85 bits per heavy atom. The SMILES string of the molecule is CCC(N)Cc1ccc(Br)cc1Oc1cccc(Br)c1. The molecule has 0 aliphatic rings. The minimum Gasteiger partial charge on any atom is -0.457 e. The standard InChI is InChI=1S/C16H17Br2NO/c1-2-14(19)8-11-6-7-13(18)10-16(11)20-15-5-3-4-12(17)9-15/h3-7,9-10,14H,2,8,19H2,1H3. The number of hydrogen-bond donors (Lipinski definition) is 1. The molecule has 0 saturated carbocycles. The van der Waals surface area contributed by atoms with Gasteiger partial charge in [0, 0.05) is 15.0 Å². The second-order valence-electron chi connectivity index (χ2n) is 4.68. The quantitative estimate of drug-likeness (QED) is 0.743. The summed E-state index contributed by atoms with van der Waals surface area (Å²) in [5, 5.41) is 0. The van der Waals surface area contributed by atoms with Crippen molar-refractivity contribution in [1.82, 2.24) is 0 Å². The Kier molecular flexibility index (Phi) is 5.64. The largest absolute Gasteiger partial charge is 0.457 e. The molecule has 0 spiro atoms. The normalized spacial score (nSPS) is 12.2. The molecule has 2 rings (SSSR count). The van der Waals surface area contributed by atoms with Gasteiger partial charge in [-0.25, -0.2) is 0 Å². The van der Waals surface area contributed by atoms with Crippen LogP contribution in [0.15, 0.2) is 51.4 Å². The number of benzene rings is 2. The lowest BCUT2D eigenvalue weighted by molar-refractivity contribution is 0.471. The smallest absolute Gasteiger partial charge is 0.131 e. The first-order chi connectivity index (χ1) is 9.58. The third-order valence-electron chi connectivity index (χ3n) is 3.06. The van der Waals surface area contributed by atoms with Gasteiger partial charge in [-0.2, -0.15) is 0 Å². The summed E-state index contributed by atoms with van der Waals surface area (Å²) >= 11 is 6.94. The second-order valence-corrected chi connectivity index (χ2v) is 6.52. The van der Waals surface area contributed by atoms with Crippen LogP contribution in [0, 0.1) is 0 Å². The van der Waals surface area contributed by atoms with Gasteiger partial charge in [0.15, 0.2) is 0 Å². The summed E-state index contributed by atoms with van der Waals surface area (Å²) in [5.41, 5.74) is 7.18. The van der Waals surface area contributed by atoms with Gasteiger partial charge in [0.1, 0.15) is 11.5 Å². The monoisotopic (exact) mass is 397 g/mol. The Hall–Kier alpha value is -0.840. The zero-order valence-corrected chi connectivity index (χ0v) is 14.4. The summed E-state index contributed by atoms with van der Waals surface area (Å²) in [4.78, 5) is 0. The molecule has 2 aromatic rings. The number of rotatable bonds is 5. The van der Waals surface area contributed by atoms with Gasteiger partial charge in [0.05, 0.1) is 0 Å². The molecule has 0 aromatic heterocycles. The lowest BCUT2D eigenvalue weighted by atomic mass is 10.0. The van der Waals surface area contributed by atoms with E-state index >= 15 is 0 Å². The van der Waals surface area contributed by atoms with Crippen molar-refractivity contribution in [2.75, 3.05) is 0 Å². The Labute approximate surface area is 136 Å². The molecule has 0 aliphatic heterocycles. The molecule has 1 unspecified atom stereocenters. The van der Waals surface area contributed by atoms with Gasteiger partial charge in [0.25, 0.3) is 0 Å². The molecule has 106 valence electrons. The number of hydrogen-bond acceptors (Lipinski definition) is 2. The summed E-state index contributed by atoms with van der Waals surface area (Å²) < 4.78 is 7.99. The van der Waals surface area contributed by atoms with Crippen LogP contribution in [0.2, 0.25) is 0 Å². The van der Waals surface area contributed by atoms with E-state index in [4.69, 9.17) is 10.5 Å². The maximum atomic E-state index is 6.05. The van der Waals surface area contributed by atoms with Crippen molar-refractivity contribution in [2.45, 2.75) is 25.8 Å². The van der Waals surface area contributed by atoms with E-state index in [9.17, 15) is 0 Å². The molecule has 0 heterocycles. The van der Waals surface area contributed by atoms with Gasteiger partial charge >= 0.3 is 0 Å². The van der Waals surface area contributed by atoms with Gasteiger partial charge in [-0.15, -0.1) is 0 Å². The van der Waals surface area contributed by atoms with Gasteiger partial charge in [-0.3, -0.25) is 0 Å². The summed E-state index contributed by atoms with van der Waals surface area (Å²) in [6, 6.07) is 14.0. The van der Waals surface area contributed by atoms with E-state index in [-0.39, 0.29) is 6.04 Å². The third kappa shape index (κ3) is 4.33. The Morgan fingerprint density at radius 1 is 1.10 bits per heavy atom. The first-order valence-corrected chi connectivity index (χ1v) is 8.14. The van der Waals surface area contributed by atoms with Gasteiger partial charge < -0.3 is 10.5 Å². The molecule has 1 atom stereocenters. The zero-order valence-electron chi connectivity index (χ0n) is 11.3. The fraction of sp³-hybridized carbons (Fsp3) is 0.250. The van der Waals surface area contributed by atoms with E-state index in [0.29, 0.717) is 0 Å².